The maximum atomic E-state index is 13.2. The standard InChI is InChI=1S/C31H54O12/c1-6-14-21-15-12-10-8-7-9-11-13-16-22(33)41-28-27(43-30-25(36)24(35)23(34)19(4)38-30)26(20(5)39-31(28)40-21)42-29(37)17(2)18(3)32/h17-21,23-28,30-32,34-36H,6-16H2,1-5H3/t17?,18?,19-,20-,21-,23-,24+,25+,26-,27+,28+,30-,31-/m0/s1. The third-order valence-corrected chi connectivity index (χ3v) is 8.79. The molecule has 0 aromatic rings. The zero-order valence-electron chi connectivity index (χ0n) is 26.3. The van der Waals surface area contributed by atoms with E-state index >= 15 is 0 Å². The van der Waals surface area contributed by atoms with Crippen LogP contribution in [0.5, 0.6) is 0 Å². The van der Waals surface area contributed by atoms with Gasteiger partial charge >= 0.3 is 11.9 Å². The van der Waals surface area contributed by atoms with Crippen molar-refractivity contribution in [2.45, 2.75) is 179 Å². The van der Waals surface area contributed by atoms with Crippen molar-refractivity contribution < 1.29 is 58.4 Å². The number of hydrogen-bond acceptors (Lipinski definition) is 12. The molecule has 12 heteroatoms. The molecule has 0 spiro atoms. The summed E-state index contributed by atoms with van der Waals surface area (Å²) in [5.41, 5.74) is 0. The van der Waals surface area contributed by atoms with Gasteiger partial charge in [0.15, 0.2) is 24.8 Å². The molecule has 43 heavy (non-hydrogen) atoms. The Kier molecular flexibility index (Phi) is 14.6. The lowest BCUT2D eigenvalue weighted by Crippen LogP contribution is -2.65. The lowest BCUT2D eigenvalue weighted by molar-refractivity contribution is -0.359. The maximum absolute atomic E-state index is 13.2. The number of esters is 2. The molecule has 13 atom stereocenters. The number of fused-ring (bicyclic) bond motifs is 1. The van der Waals surface area contributed by atoms with Crippen LogP contribution in [0.3, 0.4) is 0 Å². The second-order valence-corrected chi connectivity index (χ2v) is 12.4. The highest BCUT2D eigenvalue weighted by Crippen LogP contribution is 2.34. The number of aliphatic hydroxyl groups is 4. The Morgan fingerprint density at radius 3 is 2.19 bits per heavy atom. The van der Waals surface area contributed by atoms with Gasteiger partial charge in [-0.1, -0.05) is 51.9 Å². The highest BCUT2D eigenvalue weighted by Gasteiger charge is 2.54. The highest BCUT2D eigenvalue weighted by atomic mass is 16.8. The summed E-state index contributed by atoms with van der Waals surface area (Å²) in [4.78, 5) is 26.2. The first kappa shape index (κ1) is 36.1. The van der Waals surface area contributed by atoms with Gasteiger partial charge in [0.2, 0.25) is 0 Å². The average molecular weight is 619 g/mol. The van der Waals surface area contributed by atoms with Gasteiger partial charge in [0.25, 0.3) is 0 Å². The van der Waals surface area contributed by atoms with E-state index in [4.69, 9.17) is 28.4 Å². The Morgan fingerprint density at radius 2 is 1.53 bits per heavy atom. The fourth-order valence-electron chi connectivity index (χ4n) is 5.77. The van der Waals surface area contributed by atoms with E-state index in [1.165, 1.54) is 20.8 Å². The van der Waals surface area contributed by atoms with Gasteiger partial charge in [-0.25, -0.2) is 0 Å². The van der Waals surface area contributed by atoms with Crippen LogP contribution >= 0.6 is 0 Å². The molecule has 0 aromatic heterocycles. The third-order valence-electron chi connectivity index (χ3n) is 8.79. The summed E-state index contributed by atoms with van der Waals surface area (Å²) < 4.78 is 36.5. The van der Waals surface area contributed by atoms with Gasteiger partial charge in [-0.3, -0.25) is 9.59 Å². The second-order valence-electron chi connectivity index (χ2n) is 12.4. The molecule has 3 saturated heterocycles. The van der Waals surface area contributed by atoms with Crippen LogP contribution in [-0.2, 0) is 38.0 Å². The molecule has 12 nitrogen and oxygen atoms in total. The van der Waals surface area contributed by atoms with Crippen LogP contribution in [0.15, 0.2) is 0 Å². The van der Waals surface area contributed by atoms with Crippen molar-refractivity contribution in [2.24, 2.45) is 5.92 Å². The molecule has 250 valence electrons. The van der Waals surface area contributed by atoms with Gasteiger partial charge < -0.3 is 48.8 Å². The van der Waals surface area contributed by atoms with Gasteiger partial charge in [0.1, 0.15) is 24.4 Å². The first-order valence-corrected chi connectivity index (χ1v) is 16.2. The quantitative estimate of drug-likeness (QED) is 0.308. The molecular formula is C31H54O12. The van der Waals surface area contributed by atoms with E-state index in [2.05, 4.69) is 6.92 Å². The molecule has 3 aliphatic heterocycles. The monoisotopic (exact) mass is 618 g/mol. The lowest BCUT2D eigenvalue weighted by atomic mass is 9.96. The Morgan fingerprint density at radius 1 is 0.884 bits per heavy atom. The van der Waals surface area contributed by atoms with Crippen LogP contribution in [0.4, 0.5) is 0 Å². The van der Waals surface area contributed by atoms with Crippen molar-refractivity contribution in [2.75, 3.05) is 0 Å². The van der Waals surface area contributed by atoms with Crippen LogP contribution in [0, 0.1) is 5.92 Å². The fraction of sp³-hybridized carbons (Fsp3) is 0.935. The van der Waals surface area contributed by atoms with Crippen molar-refractivity contribution in [3.05, 3.63) is 0 Å². The molecule has 3 fully saturated rings. The first-order chi connectivity index (χ1) is 20.4. The molecule has 3 rings (SSSR count). The number of hydrogen-bond donors (Lipinski definition) is 4. The minimum atomic E-state index is -1.65. The summed E-state index contributed by atoms with van der Waals surface area (Å²) in [6, 6.07) is 0. The Hall–Kier alpha value is -1.38. The second kappa shape index (κ2) is 17.4. The molecule has 0 radical (unpaired) electrons. The Balaban J connectivity index is 1.98. The predicted molar refractivity (Wildman–Crippen MR) is 154 cm³/mol. The summed E-state index contributed by atoms with van der Waals surface area (Å²) in [6.45, 7) is 8.26. The number of aliphatic hydroxyl groups excluding tert-OH is 4. The number of rotatable bonds is 7. The van der Waals surface area contributed by atoms with Crippen LogP contribution in [0.1, 0.15) is 105 Å². The van der Waals surface area contributed by atoms with E-state index in [9.17, 15) is 30.0 Å². The Labute approximate surface area is 255 Å². The van der Waals surface area contributed by atoms with E-state index in [1.54, 1.807) is 6.92 Å². The SMILES string of the molecule is CCC[C@H]1CCCCCCCCCC(=O)O[C@H]2[C@H](O1)O[C@@H](C)[C@H](OC(=O)C(C)C(C)O)[C@H]2O[C@@H]1O[C@@H](C)[C@H](O)[C@@H](O)[C@H]1O. The van der Waals surface area contributed by atoms with Gasteiger partial charge in [0.05, 0.1) is 30.3 Å². The summed E-state index contributed by atoms with van der Waals surface area (Å²) in [7, 11) is 0. The van der Waals surface area contributed by atoms with Crippen LogP contribution in [0.25, 0.3) is 0 Å². The minimum absolute atomic E-state index is 0.165. The number of ether oxygens (including phenoxy) is 6. The van der Waals surface area contributed by atoms with E-state index in [0.717, 1.165) is 57.8 Å². The fourth-order valence-corrected chi connectivity index (χ4v) is 5.77. The molecule has 3 aliphatic rings. The summed E-state index contributed by atoms with van der Waals surface area (Å²) in [5.74, 6) is -2.09. The van der Waals surface area contributed by atoms with Gasteiger partial charge in [0, 0.05) is 6.42 Å². The molecular weight excluding hydrogens is 564 g/mol. The molecule has 0 amide bonds. The van der Waals surface area contributed by atoms with Crippen molar-refractivity contribution >= 4 is 11.9 Å². The van der Waals surface area contributed by atoms with Crippen molar-refractivity contribution in [1.82, 2.24) is 0 Å². The predicted octanol–water partition coefficient (Wildman–Crippen LogP) is 2.49. The molecule has 0 saturated carbocycles. The summed E-state index contributed by atoms with van der Waals surface area (Å²) in [6.07, 6.45) is -4.16. The van der Waals surface area contributed by atoms with Gasteiger partial charge in [-0.05, 0) is 47.0 Å². The van der Waals surface area contributed by atoms with E-state index < -0.39 is 85.4 Å². The van der Waals surface area contributed by atoms with Gasteiger partial charge in [-0.2, -0.15) is 0 Å². The topological polar surface area (TPSA) is 170 Å². The van der Waals surface area contributed by atoms with Crippen molar-refractivity contribution in [3.8, 4) is 0 Å². The van der Waals surface area contributed by atoms with Crippen LogP contribution < -0.4 is 0 Å². The average Bonchev–Trinajstić information content (AvgIpc) is 2.96. The molecule has 0 aromatic carbocycles. The largest absolute Gasteiger partial charge is 0.456 e. The highest BCUT2D eigenvalue weighted by molar-refractivity contribution is 5.73. The zero-order chi connectivity index (χ0) is 31.7. The molecule has 4 N–H and O–H groups in total. The Bertz CT molecular complexity index is 855. The molecule has 3 heterocycles. The zero-order valence-corrected chi connectivity index (χ0v) is 26.3. The normalized spacial score (nSPS) is 40.2. The van der Waals surface area contributed by atoms with Crippen molar-refractivity contribution in [3.63, 3.8) is 0 Å². The van der Waals surface area contributed by atoms with Crippen molar-refractivity contribution in [1.29, 1.82) is 0 Å². The molecule has 2 unspecified atom stereocenters. The first-order valence-electron chi connectivity index (χ1n) is 16.2. The van der Waals surface area contributed by atoms with E-state index in [0.29, 0.717) is 6.42 Å². The number of carbonyl (C=O) groups is 2. The molecule has 0 bridgehead atoms. The van der Waals surface area contributed by atoms with E-state index in [-0.39, 0.29) is 12.5 Å². The van der Waals surface area contributed by atoms with E-state index in [1.807, 2.05) is 0 Å². The van der Waals surface area contributed by atoms with Gasteiger partial charge in [-0.15, -0.1) is 0 Å². The van der Waals surface area contributed by atoms with Crippen LogP contribution in [-0.4, -0.2) is 106 Å². The summed E-state index contributed by atoms with van der Waals surface area (Å²) in [5, 5.41) is 41.5. The maximum Gasteiger partial charge on any atom is 0.311 e. The molecule has 0 aliphatic carbocycles. The smallest absolute Gasteiger partial charge is 0.311 e. The number of carbonyl (C=O) groups excluding carboxylic acids is 2. The lowest BCUT2D eigenvalue weighted by Gasteiger charge is -2.47. The summed E-state index contributed by atoms with van der Waals surface area (Å²) >= 11 is 0. The third kappa shape index (κ3) is 10.1. The van der Waals surface area contributed by atoms with Crippen LogP contribution in [0.2, 0.25) is 0 Å². The minimum Gasteiger partial charge on any atom is -0.456 e.